The van der Waals surface area contributed by atoms with Gasteiger partial charge in [0.25, 0.3) is 0 Å². The van der Waals surface area contributed by atoms with Crippen LogP contribution in [0.1, 0.15) is 26.7 Å². The Hall–Kier alpha value is -2.46. The molecule has 4 aromatic rings. The Labute approximate surface area is 267 Å². The van der Waals surface area contributed by atoms with Gasteiger partial charge in [0.2, 0.25) is 11.8 Å². The molecule has 5 rings (SSSR count). The number of benzene rings is 2. The highest BCUT2D eigenvalue weighted by Gasteiger charge is 2.11. The van der Waals surface area contributed by atoms with Crippen LogP contribution < -0.4 is 9.47 Å². The van der Waals surface area contributed by atoms with Crippen LogP contribution in [0.25, 0.3) is 11.4 Å². The van der Waals surface area contributed by atoms with Gasteiger partial charge in [-0.2, -0.15) is 0 Å². The minimum absolute atomic E-state index is 0.508. The Morgan fingerprint density at radius 1 is 0.690 bits per heavy atom. The SMILES string of the molecule is CCN(CC)CCOc1ccn(-c2ccc(Cl)c(Cl)c2)n1.Clc1ccc(-n2ccc(OCCN3CCCC3)n2)cc1Cl. The van der Waals surface area contributed by atoms with Crippen LogP contribution in [0.4, 0.5) is 0 Å². The van der Waals surface area contributed by atoms with Gasteiger partial charge in [-0.1, -0.05) is 60.3 Å². The predicted octanol–water partition coefficient (Wildman–Crippen LogP) is 7.55. The number of ether oxygens (including phenoxy) is 2. The zero-order valence-corrected chi connectivity index (χ0v) is 26.9. The van der Waals surface area contributed by atoms with Gasteiger partial charge >= 0.3 is 0 Å². The summed E-state index contributed by atoms with van der Waals surface area (Å²) in [6.45, 7) is 11.8. The summed E-state index contributed by atoms with van der Waals surface area (Å²) >= 11 is 23.8. The topological polar surface area (TPSA) is 60.6 Å². The largest absolute Gasteiger partial charge is 0.475 e. The van der Waals surface area contributed by atoms with Crippen molar-refractivity contribution in [1.82, 2.24) is 29.4 Å². The lowest BCUT2D eigenvalue weighted by atomic mass is 10.3. The molecule has 1 fully saturated rings. The van der Waals surface area contributed by atoms with Crippen molar-refractivity contribution >= 4 is 46.4 Å². The van der Waals surface area contributed by atoms with Gasteiger partial charge < -0.3 is 14.4 Å². The molecular formula is C30H36Cl4N6O2. The van der Waals surface area contributed by atoms with Crippen molar-refractivity contribution in [2.45, 2.75) is 26.7 Å². The molecule has 42 heavy (non-hydrogen) atoms. The lowest BCUT2D eigenvalue weighted by Gasteiger charge is -2.17. The van der Waals surface area contributed by atoms with Crippen LogP contribution in [-0.2, 0) is 0 Å². The van der Waals surface area contributed by atoms with Crippen molar-refractivity contribution in [3.05, 3.63) is 81.0 Å². The lowest BCUT2D eigenvalue weighted by molar-refractivity contribution is 0.217. The fourth-order valence-corrected chi connectivity index (χ4v) is 5.00. The normalized spacial score (nSPS) is 13.3. The average Bonchev–Trinajstić information content (AvgIpc) is 3.78. The monoisotopic (exact) mass is 652 g/mol. The van der Waals surface area contributed by atoms with Crippen molar-refractivity contribution in [3.8, 4) is 23.1 Å². The third-order valence-corrected chi connectivity index (χ3v) is 8.35. The van der Waals surface area contributed by atoms with E-state index in [9.17, 15) is 0 Å². The highest BCUT2D eigenvalue weighted by Crippen LogP contribution is 2.26. The van der Waals surface area contributed by atoms with E-state index < -0.39 is 0 Å². The number of rotatable bonds is 12. The Morgan fingerprint density at radius 2 is 1.19 bits per heavy atom. The predicted molar refractivity (Wildman–Crippen MR) is 172 cm³/mol. The second-order valence-corrected chi connectivity index (χ2v) is 11.3. The van der Waals surface area contributed by atoms with Gasteiger partial charge in [0, 0.05) is 37.6 Å². The van der Waals surface area contributed by atoms with E-state index in [1.165, 1.54) is 25.9 Å². The average molecular weight is 654 g/mol. The standard InChI is InChI=1S/C15H17Cl2N3O.C15H19Cl2N3O/c16-13-4-3-12(11-14(13)17)20-8-5-15(18-20)21-10-9-19-6-1-2-7-19;1-3-19(4-2)9-10-21-15-7-8-20(18-15)12-5-6-13(16)14(17)11-12/h3-5,8,11H,1-2,6-7,9-10H2;5-8,11H,3-4,9-10H2,1-2H3. The second-order valence-electron chi connectivity index (χ2n) is 9.67. The van der Waals surface area contributed by atoms with Gasteiger partial charge in [0.15, 0.2) is 0 Å². The van der Waals surface area contributed by atoms with Crippen LogP contribution in [-0.4, -0.2) is 81.8 Å². The molecule has 8 nitrogen and oxygen atoms in total. The van der Waals surface area contributed by atoms with Crippen molar-refractivity contribution in [2.75, 3.05) is 52.5 Å². The summed E-state index contributed by atoms with van der Waals surface area (Å²) in [7, 11) is 0. The summed E-state index contributed by atoms with van der Waals surface area (Å²) in [5, 5.41) is 10.9. The maximum absolute atomic E-state index is 6.02. The Balaban J connectivity index is 0.000000193. The van der Waals surface area contributed by atoms with E-state index in [1.54, 1.807) is 33.6 Å². The smallest absolute Gasteiger partial charge is 0.233 e. The van der Waals surface area contributed by atoms with Crippen LogP contribution in [0, 0.1) is 0 Å². The number of hydrogen-bond acceptors (Lipinski definition) is 6. The number of likely N-dealkylation sites (N-methyl/N-ethyl adjacent to an activating group) is 1. The van der Waals surface area contributed by atoms with Crippen LogP contribution in [0.5, 0.6) is 11.8 Å². The van der Waals surface area contributed by atoms with Gasteiger partial charge in [-0.05, 0) is 75.4 Å². The molecule has 0 saturated carbocycles. The Kier molecular flexibility index (Phi) is 12.7. The van der Waals surface area contributed by atoms with Crippen molar-refractivity contribution in [2.24, 2.45) is 0 Å². The summed E-state index contributed by atoms with van der Waals surface area (Å²) in [6, 6.07) is 14.5. The molecule has 12 heteroatoms. The molecule has 1 saturated heterocycles. The van der Waals surface area contributed by atoms with Crippen LogP contribution in [0.3, 0.4) is 0 Å². The summed E-state index contributed by atoms with van der Waals surface area (Å²) in [5.41, 5.74) is 1.71. The van der Waals surface area contributed by atoms with E-state index in [0.29, 0.717) is 45.1 Å². The second kappa shape index (κ2) is 16.4. The summed E-state index contributed by atoms with van der Waals surface area (Å²) in [4.78, 5) is 4.71. The molecule has 0 radical (unpaired) electrons. The maximum Gasteiger partial charge on any atom is 0.233 e. The van der Waals surface area contributed by atoms with Gasteiger partial charge in [-0.3, -0.25) is 4.90 Å². The van der Waals surface area contributed by atoms with Crippen LogP contribution in [0.2, 0.25) is 20.1 Å². The molecule has 0 spiro atoms. The van der Waals surface area contributed by atoms with Crippen molar-refractivity contribution in [3.63, 3.8) is 0 Å². The Morgan fingerprint density at radius 3 is 1.67 bits per heavy atom. The molecule has 1 aliphatic heterocycles. The van der Waals surface area contributed by atoms with Crippen LogP contribution in [0.15, 0.2) is 60.9 Å². The summed E-state index contributed by atoms with van der Waals surface area (Å²) < 4.78 is 14.8. The van der Waals surface area contributed by atoms with Gasteiger partial charge in [0.1, 0.15) is 13.2 Å². The quantitative estimate of drug-likeness (QED) is 0.157. The van der Waals surface area contributed by atoms with E-state index in [0.717, 1.165) is 37.6 Å². The molecule has 0 aliphatic carbocycles. The van der Waals surface area contributed by atoms with Gasteiger partial charge in [-0.25, -0.2) is 9.36 Å². The summed E-state index contributed by atoms with van der Waals surface area (Å²) in [5.74, 6) is 1.23. The van der Waals surface area contributed by atoms with E-state index in [4.69, 9.17) is 55.9 Å². The van der Waals surface area contributed by atoms with Crippen molar-refractivity contribution in [1.29, 1.82) is 0 Å². The fraction of sp³-hybridized carbons (Fsp3) is 0.400. The molecule has 1 aliphatic rings. The van der Waals surface area contributed by atoms with Crippen LogP contribution >= 0.6 is 46.4 Å². The van der Waals surface area contributed by atoms with E-state index in [2.05, 4.69) is 33.8 Å². The minimum atomic E-state index is 0.508. The highest BCUT2D eigenvalue weighted by atomic mass is 35.5. The minimum Gasteiger partial charge on any atom is -0.475 e. The molecule has 0 bridgehead atoms. The first-order chi connectivity index (χ1) is 20.4. The lowest BCUT2D eigenvalue weighted by Crippen LogP contribution is -2.27. The van der Waals surface area contributed by atoms with Gasteiger partial charge in [0.05, 0.1) is 31.5 Å². The van der Waals surface area contributed by atoms with E-state index in [-0.39, 0.29) is 0 Å². The molecule has 3 heterocycles. The molecule has 0 unspecified atom stereocenters. The third kappa shape index (κ3) is 9.53. The molecule has 0 N–H and O–H groups in total. The molecule has 226 valence electrons. The van der Waals surface area contributed by atoms with E-state index >= 15 is 0 Å². The number of likely N-dealkylation sites (tertiary alicyclic amines) is 1. The van der Waals surface area contributed by atoms with Gasteiger partial charge in [-0.15, -0.1) is 10.2 Å². The number of aromatic nitrogens is 4. The molecule has 2 aromatic carbocycles. The molecule has 0 atom stereocenters. The first kappa shape index (κ1) is 32.5. The third-order valence-electron chi connectivity index (χ3n) is 6.87. The Bertz CT molecular complexity index is 1310. The number of halogens is 4. The molecule has 2 aromatic heterocycles. The first-order valence-electron chi connectivity index (χ1n) is 14.1. The highest BCUT2D eigenvalue weighted by molar-refractivity contribution is 6.42. The zero-order chi connectivity index (χ0) is 29.9. The number of hydrogen-bond donors (Lipinski definition) is 0. The zero-order valence-electron chi connectivity index (χ0n) is 23.9. The van der Waals surface area contributed by atoms with Crippen molar-refractivity contribution < 1.29 is 9.47 Å². The molecular weight excluding hydrogens is 618 g/mol. The first-order valence-corrected chi connectivity index (χ1v) is 15.6. The summed E-state index contributed by atoms with van der Waals surface area (Å²) in [6.07, 6.45) is 6.29. The molecule has 0 amide bonds. The number of nitrogens with zero attached hydrogens (tertiary/aromatic N) is 6. The van der Waals surface area contributed by atoms with E-state index in [1.807, 2.05) is 36.7 Å². The fourth-order valence-electron chi connectivity index (χ4n) is 4.42. The maximum atomic E-state index is 6.02.